The molecule has 0 saturated heterocycles. The minimum atomic E-state index is -4.48. The van der Waals surface area contributed by atoms with E-state index in [2.05, 4.69) is 4.74 Å². The lowest BCUT2D eigenvalue weighted by Crippen LogP contribution is -2.53. The number of nitrogens with zero attached hydrogens (tertiary/aromatic N) is 1. The molecule has 0 heterocycles. The highest BCUT2D eigenvalue weighted by Gasteiger charge is 2.40. The first-order valence-electron chi connectivity index (χ1n) is 6.42. The molecule has 0 aromatic heterocycles. The van der Waals surface area contributed by atoms with Crippen LogP contribution in [0.15, 0.2) is 0 Å². The Labute approximate surface area is 125 Å². The van der Waals surface area contributed by atoms with Gasteiger partial charge in [-0.15, -0.1) is 0 Å². The Hall–Kier alpha value is -1.35. The minimum Gasteiger partial charge on any atom is -0.467 e. The fourth-order valence-corrected chi connectivity index (χ4v) is 2.36. The second-order valence-electron chi connectivity index (χ2n) is 5.99. The van der Waals surface area contributed by atoms with E-state index in [1.165, 1.54) is 0 Å². The number of esters is 1. The van der Waals surface area contributed by atoms with Crippen molar-refractivity contribution in [2.45, 2.75) is 52.7 Å². The fourth-order valence-electron chi connectivity index (χ4n) is 1.59. The summed E-state index contributed by atoms with van der Waals surface area (Å²) in [5.41, 5.74) is -0.932. The number of nitrogens with two attached hydrogens (primary N) is 1. The lowest BCUT2D eigenvalue weighted by atomic mass is 10.0. The van der Waals surface area contributed by atoms with Crippen molar-refractivity contribution in [2.24, 2.45) is 11.1 Å². The van der Waals surface area contributed by atoms with Gasteiger partial charge in [-0.3, -0.25) is 0 Å². The van der Waals surface area contributed by atoms with Crippen LogP contribution in [0.25, 0.3) is 0 Å². The molecule has 124 valence electrons. The zero-order valence-electron chi connectivity index (χ0n) is 13.2. The maximum Gasteiger partial charge on any atom is 0.425 e. The predicted octanol–water partition coefficient (Wildman–Crippen LogP) is 1.01. The van der Waals surface area contributed by atoms with Crippen molar-refractivity contribution in [3.63, 3.8) is 0 Å². The van der Waals surface area contributed by atoms with Crippen LogP contribution in [0.3, 0.4) is 0 Å². The molecule has 0 spiro atoms. The van der Waals surface area contributed by atoms with Gasteiger partial charge < -0.3 is 9.47 Å². The average Bonchev–Trinajstić information content (AvgIpc) is 2.21. The summed E-state index contributed by atoms with van der Waals surface area (Å²) in [4.78, 5) is 23.9. The quantitative estimate of drug-likeness (QED) is 0.755. The number of hydrogen-bond acceptors (Lipinski definition) is 6. The first-order valence-corrected chi connectivity index (χ1v) is 7.93. The monoisotopic (exact) mass is 324 g/mol. The van der Waals surface area contributed by atoms with Crippen molar-refractivity contribution in [1.29, 1.82) is 0 Å². The van der Waals surface area contributed by atoms with Crippen LogP contribution in [0.4, 0.5) is 4.79 Å². The summed E-state index contributed by atoms with van der Waals surface area (Å²) in [6.45, 7) is 8.25. The maximum absolute atomic E-state index is 12.1. The highest BCUT2D eigenvalue weighted by molar-refractivity contribution is 7.87. The molecule has 1 atom stereocenters. The van der Waals surface area contributed by atoms with Gasteiger partial charge in [0.2, 0.25) is 0 Å². The number of carbonyl (C=O) groups excluding carboxylic acids is 2. The molecule has 0 unspecified atom stereocenters. The molecule has 1 amide bonds. The molecule has 0 aliphatic rings. The van der Waals surface area contributed by atoms with Crippen molar-refractivity contribution >= 4 is 22.3 Å². The Kier molecular flexibility index (Phi) is 6.62. The van der Waals surface area contributed by atoms with Crippen LogP contribution in [0.5, 0.6) is 0 Å². The van der Waals surface area contributed by atoms with E-state index in [4.69, 9.17) is 9.88 Å². The van der Waals surface area contributed by atoms with Gasteiger partial charge in [0.05, 0.1) is 7.11 Å². The first-order chi connectivity index (χ1) is 9.29. The van der Waals surface area contributed by atoms with E-state index in [9.17, 15) is 18.0 Å². The summed E-state index contributed by atoms with van der Waals surface area (Å²) in [6.07, 6.45) is -1.14. The van der Waals surface area contributed by atoms with Gasteiger partial charge in [-0.25, -0.2) is 14.7 Å². The average molecular weight is 324 g/mol. The Morgan fingerprint density at radius 1 is 1.24 bits per heavy atom. The number of amides is 1. The Morgan fingerprint density at radius 3 is 2.00 bits per heavy atom. The van der Waals surface area contributed by atoms with Crippen LogP contribution >= 0.6 is 0 Å². The molecular weight excluding hydrogens is 300 g/mol. The van der Waals surface area contributed by atoms with Gasteiger partial charge in [0.15, 0.2) is 6.04 Å². The largest absolute Gasteiger partial charge is 0.467 e. The van der Waals surface area contributed by atoms with Crippen LogP contribution in [0, 0.1) is 5.92 Å². The molecule has 9 heteroatoms. The zero-order chi connectivity index (χ0) is 17.0. The Morgan fingerprint density at radius 2 is 1.71 bits per heavy atom. The summed E-state index contributed by atoms with van der Waals surface area (Å²) in [7, 11) is -3.38. The first kappa shape index (κ1) is 19.7. The second-order valence-corrected chi connectivity index (χ2v) is 7.41. The molecule has 2 N–H and O–H groups in total. The molecule has 0 aliphatic heterocycles. The van der Waals surface area contributed by atoms with E-state index < -0.39 is 33.9 Å². The number of hydrogen-bond donors (Lipinski definition) is 1. The number of rotatable bonds is 5. The Balaban J connectivity index is 5.65. The van der Waals surface area contributed by atoms with Crippen molar-refractivity contribution in [1.82, 2.24) is 4.31 Å². The third kappa shape index (κ3) is 6.76. The SMILES string of the molecule is COC(=O)[C@H](CC(C)C)N(C(=O)OC(C)(C)C)S(N)(=O)=O. The molecule has 8 nitrogen and oxygen atoms in total. The maximum atomic E-state index is 12.1. The summed E-state index contributed by atoms with van der Waals surface area (Å²) in [6, 6.07) is -1.36. The van der Waals surface area contributed by atoms with Crippen LogP contribution in [0.2, 0.25) is 0 Å². The second kappa shape index (κ2) is 7.08. The normalized spacial score (nSPS) is 13.7. The van der Waals surface area contributed by atoms with Crippen LogP contribution < -0.4 is 5.14 Å². The van der Waals surface area contributed by atoms with E-state index >= 15 is 0 Å². The van der Waals surface area contributed by atoms with Crippen molar-refractivity contribution in [3.05, 3.63) is 0 Å². The number of carbonyl (C=O) groups is 2. The predicted molar refractivity (Wildman–Crippen MR) is 76.4 cm³/mol. The third-order valence-electron chi connectivity index (χ3n) is 2.30. The summed E-state index contributed by atoms with van der Waals surface area (Å²) in [5, 5.41) is 5.06. The molecule has 21 heavy (non-hydrogen) atoms. The summed E-state index contributed by atoms with van der Waals surface area (Å²) >= 11 is 0. The van der Waals surface area contributed by atoms with Crippen molar-refractivity contribution in [3.8, 4) is 0 Å². The Bertz CT molecular complexity index is 480. The topological polar surface area (TPSA) is 116 Å². The van der Waals surface area contributed by atoms with E-state index in [0.717, 1.165) is 7.11 Å². The van der Waals surface area contributed by atoms with Gasteiger partial charge in [-0.1, -0.05) is 13.8 Å². The molecule has 0 aliphatic carbocycles. The highest BCUT2D eigenvalue weighted by atomic mass is 32.2. The smallest absolute Gasteiger partial charge is 0.425 e. The molecule has 0 bridgehead atoms. The summed E-state index contributed by atoms with van der Waals surface area (Å²) in [5.74, 6) is -0.940. The van der Waals surface area contributed by atoms with Crippen LogP contribution in [0.1, 0.15) is 41.0 Å². The molecule has 0 saturated carbocycles. The highest BCUT2D eigenvalue weighted by Crippen LogP contribution is 2.19. The van der Waals surface area contributed by atoms with Gasteiger partial charge in [0.25, 0.3) is 0 Å². The van der Waals surface area contributed by atoms with Crippen molar-refractivity contribution < 1.29 is 27.5 Å². The van der Waals surface area contributed by atoms with E-state index in [-0.39, 0.29) is 16.6 Å². The van der Waals surface area contributed by atoms with Gasteiger partial charge >= 0.3 is 22.3 Å². The van der Waals surface area contributed by atoms with Gasteiger partial charge in [-0.05, 0) is 33.1 Å². The van der Waals surface area contributed by atoms with Gasteiger partial charge in [0.1, 0.15) is 5.60 Å². The fraction of sp³-hybridized carbons (Fsp3) is 0.833. The van der Waals surface area contributed by atoms with Gasteiger partial charge in [0, 0.05) is 0 Å². The van der Waals surface area contributed by atoms with E-state index in [0.29, 0.717) is 0 Å². The molecule has 0 aromatic rings. The minimum absolute atomic E-state index is 0.0687. The molecule has 0 rings (SSSR count). The standard InChI is InChI=1S/C12H24N2O6S/c1-8(2)7-9(10(15)19-6)14(21(13,17)18)11(16)20-12(3,4)5/h8-9H,7H2,1-6H3,(H2,13,17,18)/t9-/m0/s1. The van der Waals surface area contributed by atoms with Crippen molar-refractivity contribution in [2.75, 3.05) is 7.11 Å². The number of ether oxygens (including phenoxy) is 2. The van der Waals surface area contributed by atoms with Crippen LogP contribution in [-0.2, 0) is 24.5 Å². The molecule has 0 aromatic carbocycles. The number of methoxy groups -OCH3 is 1. The molecular formula is C12H24N2O6S. The third-order valence-corrected chi connectivity index (χ3v) is 3.25. The molecule has 0 fully saturated rings. The lowest BCUT2D eigenvalue weighted by Gasteiger charge is -2.30. The van der Waals surface area contributed by atoms with E-state index in [1.54, 1.807) is 34.6 Å². The molecule has 0 radical (unpaired) electrons. The van der Waals surface area contributed by atoms with Gasteiger partial charge in [-0.2, -0.15) is 12.7 Å². The lowest BCUT2D eigenvalue weighted by molar-refractivity contribution is -0.145. The van der Waals surface area contributed by atoms with Crippen LogP contribution in [-0.4, -0.2) is 43.5 Å². The zero-order valence-corrected chi connectivity index (χ0v) is 14.1. The van der Waals surface area contributed by atoms with E-state index in [1.807, 2.05) is 0 Å². The summed E-state index contributed by atoms with van der Waals surface area (Å²) < 4.78 is 33.2.